The van der Waals surface area contributed by atoms with Crippen LogP contribution in [0.25, 0.3) is 22.0 Å². The zero-order chi connectivity index (χ0) is 25.5. The van der Waals surface area contributed by atoms with E-state index in [1.807, 2.05) is 29.1 Å². The van der Waals surface area contributed by atoms with Gasteiger partial charge in [-0.3, -0.25) is 19.6 Å². The number of amides is 1. The van der Waals surface area contributed by atoms with E-state index >= 15 is 0 Å². The molecule has 15 heteroatoms. The van der Waals surface area contributed by atoms with Gasteiger partial charge in [-0.2, -0.15) is 10.2 Å². The van der Waals surface area contributed by atoms with Crippen LogP contribution >= 0.6 is 11.3 Å². The molecule has 0 aromatic carbocycles. The highest BCUT2D eigenvalue weighted by Gasteiger charge is 2.40. The van der Waals surface area contributed by atoms with Gasteiger partial charge in [0.2, 0.25) is 0 Å². The number of carbonyl (C=O) groups excluding carboxylic acids is 1. The van der Waals surface area contributed by atoms with E-state index in [1.165, 1.54) is 11.3 Å². The Kier molecular flexibility index (Phi) is 6.46. The van der Waals surface area contributed by atoms with Gasteiger partial charge in [-0.25, -0.2) is 4.98 Å². The lowest BCUT2D eigenvalue weighted by atomic mass is 9.28. The molecule has 1 aliphatic carbocycles. The molecule has 4 aromatic rings. The smallest absolute Gasteiger partial charge is 0.275 e. The van der Waals surface area contributed by atoms with E-state index in [9.17, 15) is 4.79 Å². The predicted octanol–water partition coefficient (Wildman–Crippen LogP) is -1.34. The fourth-order valence-electron chi connectivity index (χ4n) is 3.87. The molecule has 5 rings (SSSR count). The predicted molar refractivity (Wildman–Crippen MR) is 154 cm³/mol. The Morgan fingerprint density at radius 2 is 2.03 bits per heavy atom. The number of carbonyl (C=O) groups is 1. The van der Waals surface area contributed by atoms with Crippen molar-refractivity contribution in [2.45, 2.75) is 35.5 Å². The number of pyridine rings is 1. The van der Waals surface area contributed by atoms with Crippen LogP contribution in [0.5, 0.6) is 0 Å². The first-order valence-electron chi connectivity index (χ1n) is 12.0. The Hall–Kier alpha value is -3.05. The Balaban J connectivity index is 1.34. The van der Waals surface area contributed by atoms with Gasteiger partial charge in [0.25, 0.3) is 5.91 Å². The van der Waals surface area contributed by atoms with Crippen molar-refractivity contribution in [1.82, 2.24) is 29.9 Å². The summed E-state index contributed by atoms with van der Waals surface area (Å²) in [5.41, 5.74) is 3.13. The van der Waals surface area contributed by atoms with Gasteiger partial charge in [-0.05, 0) is 30.4 Å². The van der Waals surface area contributed by atoms with Crippen LogP contribution in [-0.4, -0.2) is 86.6 Å². The molecule has 178 valence electrons. The molecule has 36 heavy (non-hydrogen) atoms. The Morgan fingerprint density at radius 3 is 2.69 bits per heavy atom. The summed E-state index contributed by atoms with van der Waals surface area (Å²) in [6.45, 7) is 0. The van der Waals surface area contributed by atoms with Gasteiger partial charge in [-0.1, -0.05) is 11.2 Å². The molecule has 9 nitrogen and oxygen atoms in total. The maximum Gasteiger partial charge on any atom is 0.275 e. The molecule has 0 unspecified atom stereocenters. The van der Waals surface area contributed by atoms with E-state index < -0.39 is 0 Å². The summed E-state index contributed by atoms with van der Waals surface area (Å²) in [6.07, 6.45) is 8.97. The fraction of sp³-hybridized carbons (Fsp3) is 0.286. The topological polar surface area (TPSA) is 111 Å². The monoisotopic (exact) mass is 495 g/mol. The third kappa shape index (κ3) is 4.94. The normalized spacial score (nSPS) is 18.0. The van der Waals surface area contributed by atoms with E-state index in [-0.39, 0.29) is 28.6 Å². The van der Waals surface area contributed by atoms with Crippen LogP contribution in [0.15, 0.2) is 48.4 Å². The molecule has 1 fully saturated rings. The van der Waals surface area contributed by atoms with E-state index in [0.717, 1.165) is 23.4 Å². The number of ether oxygens (including phenoxy) is 1. The lowest BCUT2D eigenvalue weighted by Crippen LogP contribution is -2.52. The van der Waals surface area contributed by atoms with Crippen molar-refractivity contribution < 1.29 is 9.53 Å². The largest absolute Gasteiger partial charge is 0.391 e. The number of rotatable bonds is 8. The minimum Gasteiger partial charge on any atom is -0.391 e. The van der Waals surface area contributed by atoms with Crippen LogP contribution < -0.4 is 5.32 Å². The summed E-state index contributed by atoms with van der Waals surface area (Å²) in [5.74, 6) is -0.292. The molecular formula is C21H26B5N7O2S. The van der Waals surface area contributed by atoms with Crippen molar-refractivity contribution in [3.05, 3.63) is 54.1 Å². The highest BCUT2D eigenvalue weighted by atomic mass is 32.1. The molecule has 0 spiro atoms. The van der Waals surface area contributed by atoms with E-state index in [2.05, 4.69) is 64.7 Å². The highest BCUT2D eigenvalue weighted by molar-refractivity contribution is 7.13. The van der Waals surface area contributed by atoms with Crippen LogP contribution in [0.1, 0.15) is 29.4 Å². The van der Waals surface area contributed by atoms with Crippen LogP contribution in [0.3, 0.4) is 0 Å². The number of aromatic nitrogens is 6. The molecule has 0 saturated heterocycles. The number of thiazole rings is 1. The van der Waals surface area contributed by atoms with Crippen molar-refractivity contribution in [2.75, 3.05) is 5.32 Å². The molecular weight excluding hydrogens is 468 g/mol. The van der Waals surface area contributed by atoms with Gasteiger partial charge >= 0.3 is 0 Å². The van der Waals surface area contributed by atoms with Crippen molar-refractivity contribution >= 4 is 62.2 Å². The number of nitrogens with zero attached hydrogens (tertiary/aromatic N) is 5. The number of hydrogen-bond donors (Lipinski definition) is 2. The Labute approximate surface area is 218 Å². The van der Waals surface area contributed by atoms with Gasteiger partial charge in [-0.15, -0.1) is 11.3 Å². The molecule has 1 saturated carbocycles. The molecule has 4 aromatic heterocycles. The average Bonchev–Trinajstić information content (AvgIpc) is 3.56. The summed E-state index contributed by atoms with van der Waals surface area (Å²) in [7, 11) is 10.9. The maximum atomic E-state index is 13.1. The number of H-pyrrole nitrogens is 1. The minimum atomic E-state index is -0.292. The summed E-state index contributed by atoms with van der Waals surface area (Å²) in [6, 6.07) is 5.86. The van der Waals surface area contributed by atoms with E-state index in [4.69, 9.17) is 9.84 Å². The number of hydrogen-bond acceptors (Lipinski definition) is 7. The summed E-state index contributed by atoms with van der Waals surface area (Å²) >= 11 is 1.40. The Morgan fingerprint density at radius 1 is 1.22 bits per heavy atom. The number of nitrogens with one attached hydrogen (secondary N) is 2. The first kappa shape index (κ1) is 24.6. The Bertz CT molecular complexity index is 1350. The fourth-order valence-corrected chi connectivity index (χ4v) is 4.65. The standard InChI is InChI=1S/C21H26B5N7O2S/c22-20(23,24)21(25,26)35-13-5-12(6-13)33-9-15(17(32-33)14-3-1-2-4-27-14)30-18(34)16-10-36-19(31-16)11-7-28-29-8-11/h1-4,7-10,12-13H,5-6,22-26H2,(H,28,29)(H,30,34)/t12-,13+. The second-order valence-electron chi connectivity index (χ2n) is 10.7. The van der Waals surface area contributed by atoms with Crippen LogP contribution in [0.2, 0.25) is 5.11 Å². The second kappa shape index (κ2) is 9.44. The average molecular weight is 495 g/mol. The van der Waals surface area contributed by atoms with Crippen LogP contribution in [0, 0.1) is 0 Å². The van der Waals surface area contributed by atoms with Crippen LogP contribution in [-0.2, 0) is 4.74 Å². The lowest BCUT2D eigenvalue weighted by molar-refractivity contribution is -0.0611. The third-order valence-corrected chi connectivity index (χ3v) is 7.97. The first-order valence-corrected chi connectivity index (χ1v) is 12.9. The van der Waals surface area contributed by atoms with Gasteiger partial charge in [0, 0.05) is 29.5 Å². The van der Waals surface area contributed by atoms with Crippen molar-refractivity contribution in [3.63, 3.8) is 0 Å². The zero-order valence-electron chi connectivity index (χ0n) is 21.1. The number of aromatic amines is 1. The molecule has 1 amide bonds. The molecule has 4 heterocycles. The molecule has 0 atom stereocenters. The summed E-state index contributed by atoms with van der Waals surface area (Å²) < 4.78 is 8.36. The van der Waals surface area contributed by atoms with E-state index in [0.29, 0.717) is 22.8 Å². The summed E-state index contributed by atoms with van der Waals surface area (Å²) in [4.78, 5) is 22.0. The quantitative estimate of drug-likeness (QED) is 0.293. The SMILES string of the molecule is BC(B)(B)C(B)(B)O[C@H]1C[C@@H](n2cc(NC(=O)c3csc(-c4cn[nH]c4)n3)c(-c3ccccn3)n2)C1. The molecule has 0 bridgehead atoms. The second-order valence-corrected chi connectivity index (χ2v) is 11.5. The highest BCUT2D eigenvalue weighted by Crippen LogP contribution is 2.40. The minimum absolute atomic E-state index is 0.0422. The van der Waals surface area contributed by atoms with Gasteiger partial charge < -0.3 is 10.1 Å². The van der Waals surface area contributed by atoms with Gasteiger partial charge in [0.15, 0.2) is 0 Å². The molecule has 1 aliphatic rings. The molecule has 0 aliphatic heterocycles. The van der Waals surface area contributed by atoms with Gasteiger partial charge in [0.05, 0.1) is 53.3 Å². The molecule has 2 N–H and O–H groups in total. The van der Waals surface area contributed by atoms with Gasteiger partial charge in [0.1, 0.15) is 32.1 Å². The van der Waals surface area contributed by atoms with Crippen LogP contribution in [0.4, 0.5) is 5.69 Å². The zero-order valence-corrected chi connectivity index (χ0v) is 22.0. The third-order valence-electron chi connectivity index (χ3n) is 7.08. The molecule has 0 radical (unpaired) electrons. The number of anilines is 1. The van der Waals surface area contributed by atoms with Crippen molar-refractivity contribution in [3.8, 4) is 22.0 Å². The lowest BCUT2D eigenvalue weighted by Gasteiger charge is -2.47. The van der Waals surface area contributed by atoms with Crippen molar-refractivity contribution in [1.29, 1.82) is 0 Å². The van der Waals surface area contributed by atoms with E-state index in [1.54, 1.807) is 24.0 Å². The first-order chi connectivity index (χ1) is 17.1. The summed E-state index contributed by atoms with van der Waals surface area (Å²) in [5, 5.41) is 16.8. The van der Waals surface area contributed by atoms with Crippen molar-refractivity contribution in [2.24, 2.45) is 0 Å². The maximum absolute atomic E-state index is 13.1.